The van der Waals surface area contributed by atoms with Crippen molar-refractivity contribution in [3.63, 3.8) is 0 Å². The second-order valence-electron chi connectivity index (χ2n) is 2.05. The number of phosphoric acid groups is 1. The topological polar surface area (TPSA) is 144 Å². The van der Waals surface area contributed by atoms with E-state index < -0.39 is 13.8 Å². The van der Waals surface area contributed by atoms with E-state index in [-0.39, 0.29) is 6.61 Å². The molecule has 0 fully saturated rings. The molecule has 0 amide bonds. The van der Waals surface area contributed by atoms with Gasteiger partial charge in [0.15, 0.2) is 0 Å². The van der Waals surface area contributed by atoms with Crippen molar-refractivity contribution >= 4 is 13.8 Å². The summed E-state index contributed by atoms with van der Waals surface area (Å²) < 4.78 is 19.3. The zero-order valence-electron chi connectivity index (χ0n) is 6.90. The Kier molecular flexibility index (Phi) is 5.60. The average Bonchev–Trinajstić information content (AvgIpc) is 2.02. The number of rotatable bonds is 6. The highest BCUT2D eigenvalue weighted by Crippen LogP contribution is 2.41. The first-order chi connectivity index (χ1) is 5.98. The predicted molar refractivity (Wildman–Crippen MR) is 45.6 cm³/mol. The van der Waals surface area contributed by atoms with Crippen molar-refractivity contribution < 1.29 is 18.6 Å². The highest BCUT2D eigenvalue weighted by atomic mass is 31.2. The third kappa shape index (κ3) is 7.69. The molecule has 0 saturated heterocycles. The first kappa shape index (κ1) is 12.3. The van der Waals surface area contributed by atoms with Gasteiger partial charge in [0.05, 0.1) is 6.61 Å². The molecule has 0 aromatic rings. The third-order valence-electron chi connectivity index (χ3n) is 0.874. The van der Waals surface area contributed by atoms with Crippen LogP contribution >= 0.6 is 7.82 Å². The quantitative estimate of drug-likeness (QED) is 0.123. The molecule has 0 aromatic carbocycles. The van der Waals surface area contributed by atoms with Gasteiger partial charge in [0.2, 0.25) is 5.96 Å². The molecule has 7 N–H and O–H groups in total. The van der Waals surface area contributed by atoms with Gasteiger partial charge in [0.25, 0.3) is 0 Å². The second kappa shape index (κ2) is 5.90. The zero-order chi connectivity index (χ0) is 10.3. The summed E-state index contributed by atoms with van der Waals surface area (Å²) in [5.74, 6) is -0.586. The number of guanidine groups is 1. The Morgan fingerprint density at radius 3 is 2.77 bits per heavy atom. The monoisotopic (exact) mass is 212 g/mol. The number of nitrogens with two attached hydrogens (primary N) is 2. The van der Waals surface area contributed by atoms with E-state index in [2.05, 4.69) is 9.15 Å². The molecule has 1 atom stereocenters. The van der Waals surface area contributed by atoms with E-state index in [1.807, 2.05) is 0 Å². The fraction of sp³-hybridized carbons (Fsp3) is 0.750. The Morgan fingerprint density at radius 1 is 1.69 bits per heavy atom. The Balaban J connectivity index is 3.67. The summed E-state index contributed by atoms with van der Waals surface area (Å²) in [4.78, 5) is 8.85. The van der Waals surface area contributed by atoms with E-state index in [1.54, 1.807) is 5.48 Å². The molecule has 0 aliphatic heterocycles. The Hall–Kier alpha value is -0.660. The first-order valence-electron chi connectivity index (χ1n) is 3.44. The maximum Gasteiger partial charge on any atom is 0.493 e. The maximum absolute atomic E-state index is 10.8. The van der Waals surface area contributed by atoms with Gasteiger partial charge in [-0.1, -0.05) is 0 Å². The summed E-state index contributed by atoms with van der Waals surface area (Å²) in [6, 6.07) is 0. The minimum absolute atomic E-state index is 0.00383. The van der Waals surface area contributed by atoms with E-state index in [9.17, 15) is 4.57 Å². The van der Waals surface area contributed by atoms with Crippen LogP contribution in [-0.4, -0.2) is 24.0 Å². The molecule has 0 aromatic heterocycles. The molecule has 0 rings (SSSR count). The van der Waals surface area contributed by atoms with E-state index in [0.717, 1.165) is 0 Å². The van der Waals surface area contributed by atoms with Crippen molar-refractivity contribution in [2.24, 2.45) is 11.5 Å². The van der Waals surface area contributed by atoms with Gasteiger partial charge in [-0.3, -0.25) is 9.93 Å². The SMILES string of the molecule is N=C(N)NOP(=O)(O)OCCCN. The van der Waals surface area contributed by atoms with Crippen LogP contribution in [0.15, 0.2) is 0 Å². The fourth-order valence-electron chi connectivity index (χ4n) is 0.396. The van der Waals surface area contributed by atoms with Gasteiger partial charge >= 0.3 is 7.82 Å². The molecule has 0 aliphatic carbocycles. The van der Waals surface area contributed by atoms with Crippen LogP contribution in [-0.2, 0) is 13.7 Å². The lowest BCUT2D eigenvalue weighted by Gasteiger charge is -2.11. The molecule has 0 heterocycles. The van der Waals surface area contributed by atoms with Crippen LogP contribution in [0, 0.1) is 5.41 Å². The Labute approximate surface area is 75.3 Å². The lowest BCUT2D eigenvalue weighted by Crippen LogP contribution is -2.29. The molecular formula is C4H13N4O4P. The molecular weight excluding hydrogens is 199 g/mol. The van der Waals surface area contributed by atoms with Gasteiger partial charge in [0, 0.05) is 0 Å². The number of nitrogens with one attached hydrogen (secondary N) is 2. The van der Waals surface area contributed by atoms with Gasteiger partial charge in [-0.25, -0.2) is 10.0 Å². The summed E-state index contributed by atoms with van der Waals surface area (Å²) >= 11 is 0. The second-order valence-corrected chi connectivity index (χ2v) is 3.43. The lowest BCUT2D eigenvalue weighted by atomic mass is 10.5. The molecule has 0 aliphatic rings. The molecule has 9 heteroatoms. The van der Waals surface area contributed by atoms with Crippen molar-refractivity contribution in [1.82, 2.24) is 5.48 Å². The lowest BCUT2D eigenvalue weighted by molar-refractivity contribution is 0.124. The predicted octanol–water partition coefficient (Wildman–Crippen LogP) is -1.13. The maximum atomic E-state index is 10.8. The van der Waals surface area contributed by atoms with Crippen molar-refractivity contribution in [3.8, 4) is 0 Å². The van der Waals surface area contributed by atoms with Crippen LogP contribution in [0.5, 0.6) is 0 Å². The van der Waals surface area contributed by atoms with E-state index in [4.69, 9.17) is 21.8 Å². The fourth-order valence-corrected chi connectivity index (χ4v) is 1.02. The smallest absolute Gasteiger partial charge is 0.368 e. The summed E-state index contributed by atoms with van der Waals surface area (Å²) in [5.41, 5.74) is 11.6. The van der Waals surface area contributed by atoms with Crippen LogP contribution in [0.3, 0.4) is 0 Å². The Morgan fingerprint density at radius 2 is 2.31 bits per heavy atom. The van der Waals surface area contributed by atoms with Gasteiger partial charge in [0.1, 0.15) is 0 Å². The molecule has 78 valence electrons. The van der Waals surface area contributed by atoms with E-state index in [0.29, 0.717) is 13.0 Å². The number of hydrogen-bond acceptors (Lipinski definition) is 5. The van der Waals surface area contributed by atoms with Crippen LogP contribution in [0.2, 0.25) is 0 Å². The average molecular weight is 212 g/mol. The summed E-state index contributed by atoms with van der Waals surface area (Å²) in [5, 5.41) is 6.62. The molecule has 1 unspecified atom stereocenters. The molecule has 0 bridgehead atoms. The zero-order valence-corrected chi connectivity index (χ0v) is 7.79. The van der Waals surface area contributed by atoms with Crippen molar-refractivity contribution in [3.05, 3.63) is 0 Å². The first-order valence-corrected chi connectivity index (χ1v) is 4.93. The third-order valence-corrected chi connectivity index (χ3v) is 1.70. The van der Waals surface area contributed by atoms with Gasteiger partial charge in [-0.2, -0.15) is 4.62 Å². The molecule has 0 spiro atoms. The van der Waals surface area contributed by atoms with Crippen LogP contribution in [0.4, 0.5) is 0 Å². The van der Waals surface area contributed by atoms with Crippen molar-refractivity contribution in [1.29, 1.82) is 5.41 Å². The van der Waals surface area contributed by atoms with Gasteiger partial charge < -0.3 is 16.4 Å². The summed E-state index contributed by atoms with van der Waals surface area (Å²) in [7, 11) is -4.16. The number of phosphoric ester groups is 1. The van der Waals surface area contributed by atoms with Crippen molar-refractivity contribution in [2.75, 3.05) is 13.2 Å². The number of hydroxylamine groups is 1. The van der Waals surface area contributed by atoms with Gasteiger partial charge in [-0.15, -0.1) is 0 Å². The van der Waals surface area contributed by atoms with Crippen LogP contribution in [0.25, 0.3) is 0 Å². The highest BCUT2D eigenvalue weighted by Gasteiger charge is 2.21. The van der Waals surface area contributed by atoms with Crippen LogP contribution in [0.1, 0.15) is 6.42 Å². The number of hydrogen-bond donors (Lipinski definition) is 5. The normalized spacial score (nSPS) is 14.9. The molecule has 8 nitrogen and oxygen atoms in total. The van der Waals surface area contributed by atoms with E-state index >= 15 is 0 Å². The largest absolute Gasteiger partial charge is 0.493 e. The highest BCUT2D eigenvalue weighted by molar-refractivity contribution is 7.47. The minimum Gasteiger partial charge on any atom is -0.368 e. The molecule has 0 saturated carbocycles. The summed E-state index contributed by atoms with van der Waals surface area (Å²) in [6.07, 6.45) is 0.438. The molecule has 13 heavy (non-hydrogen) atoms. The summed E-state index contributed by atoms with van der Waals surface area (Å²) in [6.45, 7) is 0.351. The van der Waals surface area contributed by atoms with Crippen molar-refractivity contribution in [2.45, 2.75) is 6.42 Å². The van der Waals surface area contributed by atoms with Crippen LogP contribution < -0.4 is 16.9 Å². The van der Waals surface area contributed by atoms with E-state index in [1.165, 1.54) is 0 Å². The standard InChI is InChI=1S/C4H13N4O4P/c5-2-1-3-11-13(9,10)12-8-4(6)7/h1-3,5H2,(H,9,10)(H4,6,7,8). The Bertz CT molecular complexity index is 210. The molecule has 0 radical (unpaired) electrons. The van der Waals surface area contributed by atoms with Gasteiger partial charge in [-0.05, 0) is 13.0 Å². The minimum atomic E-state index is -4.16.